The molecule has 1 aromatic carbocycles. The molecule has 1 saturated heterocycles. The molecule has 0 spiro atoms. The summed E-state index contributed by atoms with van der Waals surface area (Å²) in [7, 11) is 1.51. The van der Waals surface area contributed by atoms with Crippen molar-refractivity contribution in [3.8, 4) is 6.07 Å². The summed E-state index contributed by atoms with van der Waals surface area (Å²) in [5, 5.41) is 11.3. The van der Waals surface area contributed by atoms with Crippen molar-refractivity contribution < 1.29 is 14.3 Å². The highest BCUT2D eigenvalue weighted by Gasteiger charge is 2.37. The van der Waals surface area contributed by atoms with Crippen LogP contribution in [0.15, 0.2) is 24.3 Å². The SMILES string of the molecule is CNC(=O)[C@@H]1COC(=O)N1Cc1cccc(C#N)c1. The summed E-state index contributed by atoms with van der Waals surface area (Å²) >= 11 is 0. The number of hydrogen-bond donors (Lipinski definition) is 1. The van der Waals surface area contributed by atoms with Crippen molar-refractivity contribution >= 4 is 12.0 Å². The Morgan fingerprint density at radius 1 is 1.63 bits per heavy atom. The number of nitriles is 1. The Balaban J connectivity index is 2.18. The fraction of sp³-hybridized carbons (Fsp3) is 0.308. The molecule has 6 heteroatoms. The van der Waals surface area contributed by atoms with E-state index in [9.17, 15) is 9.59 Å². The molecule has 1 N–H and O–H groups in total. The van der Waals surface area contributed by atoms with Crippen molar-refractivity contribution in [1.82, 2.24) is 10.2 Å². The van der Waals surface area contributed by atoms with Gasteiger partial charge < -0.3 is 10.1 Å². The number of nitrogens with one attached hydrogen (secondary N) is 1. The molecule has 0 bridgehead atoms. The molecule has 6 nitrogen and oxygen atoms in total. The molecule has 0 unspecified atom stereocenters. The zero-order valence-corrected chi connectivity index (χ0v) is 10.4. The molecule has 0 radical (unpaired) electrons. The highest BCUT2D eigenvalue weighted by molar-refractivity contribution is 5.87. The topological polar surface area (TPSA) is 82.4 Å². The zero-order chi connectivity index (χ0) is 13.8. The smallest absolute Gasteiger partial charge is 0.410 e. The van der Waals surface area contributed by atoms with Gasteiger partial charge in [-0.1, -0.05) is 12.1 Å². The predicted molar refractivity (Wildman–Crippen MR) is 65.9 cm³/mol. The monoisotopic (exact) mass is 259 g/mol. The molecule has 1 aromatic rings. The van der Waals surface area contributed by atoms with Crippen LogP contribution < -0.4 is 5.32 Å². The van der Waals surface area contributed by atoms with Crippen LogP contribution in [-0.4, -0.2) is 36.6 Å². The van der Waals surface area contributed by atoms with Gasteiger partial charge in [0.05, 0.1) is 18.2 Å². The van der Waals surface area contributed by atoms with E-state index in [1.165, 1.54) is 11.9 Å². The number of hydrogen-bond acceptors (Lipinski definition) is 4. The molecule has 1 atom stereocenters. The van der Waals surface area contributed by atoms with Gasteiger partial charge in [0, 0.05) is 7.05 Å². The van der Waals surface area contributed by atoms with Gasteiger partial charge in [0.25, 0.3) is 0 Å². The minimum atomic E-state index is -0.622. The fourth-order valence-corrected chi connectivity index (χ4v) is 1.94. The maximum Gasteiger partial charge on any atom is 0.410 e. The Kier molecular flexibility index (Phi) is 3.66. The highest BCUT2D eigenvalue weighted by atomic mass is 16.6. The maximum atomic E-state index is 11.6. The molecule has 98 valence electrons. The predicted octanol–water partition coefficient (Wildman–Crippen LogP) is 0.625. The Hall–Kier alpha value is -2.55. The summed E-state index contributed by atoms with van der Waals surface area (Å²) in [6.07, 6.45) is -0.518. The van der Waals surface area contributed by atoms with Gasteiger partial charge >= 0.3 is 6.09 Å². The van der Waals surface area contributed by atoms with Crippen LogP contribution >= 0.6 is 0 Å². The zero-order valence-electron chi connectivity index (χ0n) is 10.4. The van der Waals surface area contributed by atoms with E-state index in [0.29, 0.717) is 5.56 Å². The number of cyclic esters (lactones) is 1. The lowest BCUT2D eigenvalue weighted by Gasteiger charge is -2.20. The molecule has 1 aliphatic heterocycles. The van der Waals surface area contributed by atoms with Crippen molar-refractivity contribution in [2.24, 2.45) is 0 Å². The van der Waals surface area contributed by atoms with Crippen LogP contribution in [0.3, 0.4) is 0 Å². The highest BCUT2D eigenvalue weighted by Crippen LogP contribution is 2.17. The third-order valence-electron chi connectivity index (χ3n) is 2.93. The largest absolute Gasteiger partial charge is 0.447 e. The third-order valence-corrected chi connectivity index (χ3v) is 2.93. The fourth-order valence-electron chi connectivity index (χ4n) is 1.94. The standard InChI is InChI=1S/C13H13N3O3/c1-15-12(17)11-8-19-13(18)16(11)7-10-4-2-3-9(5-10)6-14/h2-5,11H,7-8H2,1H3,(H,15,17)/t11-/m0/s1. The van der Waals surface area contributed by atoms with Gasteiger partial charge in [-0.2, -0.15) is 5.26 Å². The third kappa shape index (κ3) is 2.65. The minimum absolute atomic E-state index is 0.0520. The van der Waals surface area contributed by atoms with E-state index < -0.39 is 12.1 Å². The number of likely N-dealkylation sites (N-methyl/N-ethyl adjacent to an activating group) is 1. The summed E-state index contributed by atoms with van der Waals surface area (Å²) in [5.41, 5.74) is 1.30. The second kappa shape index (κ2) is 5.40. The molecule has 1 aliphatic rings. The second-order valence-electron chi connectivity index (χ2n) is 4.15. The number of carbonyl (C=O) groups excluding carboxylic acids is 2. The van der Waals surface area contributed by atoms with Crippen LogP contribution in [0.2, 0.25) is 0 Å². The Morgan fingerprint density at radius 2 is 2.42 bits per heavy atom. The van der Waals surface area contributed by atoms with Crippen LogP contribution in [0.1, 0.15) is 11.1 Å². The molecule has 0 aliphatic carbocycles. The average molecular weight is 259 g/mol. The summed E-state index contributed by atoms with van der Waals surface area (Å²) in [6, 6.07) is 8.32. The van der Waals surface area contributed by atoms with Gasteiger partial charge in [0.1, 0.15) is 12.6 Å². The first-order valence-electron chi connectivity index (χ1n) is 5.79. The number of benzene rings is 1. The maximum absolute atomic E-state index is 11.6. The van der Waals surface area contributed by atoms with Crippen LogP contribution in [0.5, 0.6) is 0 Å². The van der Waals surface area contributed by atoms with E-state index >= 15 is 0 Å². The molecule has 1 heterocycles. The molecule has 2 amide bonds. The van der Waals surface area contributed by atoms with Gasteiger partial charge in [-0.3, -0.25) is 9.69 Å². The van der Waals surface area contributed by atoms with E-state index in [0.717, 1.165) is 5.56 Å². The first-order chi connectivity index (χ1) is 9.15. The lowest BCUT2D eigenvalue weighted by Crippen LogP contribution is -2.44. The van der Waals surface area contributed by atoms with Crippen molar-refractivity contribution in [1.29, 1.82) is 5.26 Å². The van der Waals surface area contributed by atoms with Gasteiger partial charge in [-0.15, -0.1) is 0 Å². The molecule has 1 fully saturated rings. The van der Waals surface area contributed by atoms with Crippen molar-refractivity contribution in [3.05, 3.63) is 35.4 Å². The van der Waals surface area contributed by atoms with Gasteiger partial charge in [0.15, 0.2) is 0 Å². The average Bonchev–Trinajstić information content (AvgIpc) is 2.80. The number of ether oxygens (including phenoxy) is 1. The lowest BCUT2D eigenvalue weighted by atomic mass is 10.1. The van der Waals surface area contributed by atoms with Crippen LogP contribution in [0.4, 0.5) is 4.79 Å². The molecular weight excluding hydrogens is 246 g/mol. The molecular formula is C13H13N3O3. The Bertz CT molecular complexity index is 550. The van der Waals surface area contributed by atoms with Crippen LogP contribution in [0.25, 0.3) is 0 Å². The summed E-state index contributed by atoms with van der Waals surface area (Å²) in [5.74, 6) is -0.262. The molecule has 19 heavy (non-hydrogen) atoms. The van der Waals surface area contributed by atoms with Crippen molar-refractivity contribution in [3.63, 3.8) is 0 Å². The van der Waals surface area contributed by atoms with E-state index in [1.807, 2.05) is 6.07 Å². The number of amides is 2. The minimum Gasteiger partial charge on any atom is -0.447 e. The number of rotatable bonds is 3. The summed E-state index contributed by atoms with van der Waals surface area (Å²) in [6.45, 7) is 0.295. The molecule has 2 rings (SSSR count). The van der Waals surface area contributed by atoms with Gasteiger partial charge in [-0.05, 0) is 17.7 Å². The van der Waals surface area contributed by atoms with E-state index in [2.05, 4.69) is 5.32 Å². The molecule has 0 aromatic heterocycles. The first kappa shape index (κ1) is 12.9. The van der Waals surface area contributed by atoms with E-state index in [-0.39, 0.29) is 19.1 Å². The Morgan fingerprint density at radius 3 is 3.11 bits per heavy atom. The molecule has 0 saturated carbocycles. The van der Waals surface area contributed by atoms with E-state index in [4.69, 9.17) is 10.00 Å². The lowest BCUT2D eigenvalue weighted by molar-refractivity contribution is -0.124. The van der Waals surface area contributed by atoms with Gasteiger partial charge in [-0.25, -0.2) is 4.79 Å². The summed E-state index contributed by atoms with van der Waals surface area (Å²) in [4.78, 5) is 24.6. The normalized spacial score (nSPS) is 17.8. The number of nitrogens with zero attached hydrogens (tertiary/aromatic N) is 2. The first-order valence-corrected chi connectivity index (χ1v) is 5.79. The van der Waals surface area contributed by atoms with Crippen molar-refractivity contribution in [2.75, 3.05) is 13.7 Å². The van der Waals surface area contributed by atoms with Crippen LogP contribution in [-0.2, 0) is 16.1 Å². The van der Waals surface area contributed by atoms with Crippen molar-refractivity contribution in [2.45, 2.75) is 12.6 Å². The number of carbonyl (C=O) groups is 2. The van der Waals surface area contributed by atoms with E-state index in [1.54, 1.807) is 24.3 Å². The van der Waals surface area contributed by atoms with Gasteiger partial charge in [0.2, 0.25) is 5.91 Å². The van der Waals surface area contributed by atoms with Crippen LogP contribution in [0, 0.1) is 11.3 Å². The summed E-state index contributed by atoms with van der Waals surface area (Å²) < 4.78 is 4.89. The quantitative estimate of drug-likeness (QED) is 0.862. The Labute approximate surface area is 110 Å². The second-order valence-corrected chi connectivity index (χ2v) is 4.15.